The number of benzene rings is 1. The minimum Gasteiger partial charge on any atom is -0.323 e. The zero-order valence-corrected chi connectivity index (χ0v) is 14.6. The van der Waals surface area contributed by atoms with E-state index in [0.29, 0.717) is 5.88 Å². The maximum Gasteiger partial charge on any atom is 0.111 e. The molecule has 0 aliphatic carbocycles. The van der Waals surface area contributed by atoms with Gasteiger partial charge in [0.05, 0.1) is 17.6 Å². The fourth-order valence-corrected chi connectivity index (χ4v) is 3.02. The monoisotopic (exact) mass is 411 g/mol. The lowest BCUT2D eigenvalue weighted by Gasteiger charge is -2.09. The molecule has 0 aliphatic heterocycles. The van der Waals surface area contributed by atoms with E-state index in [1.165, 1.54) is 9.13 Å². The van der Waals surface area contributed by atoms with E-state index in [-0.39, 0.29) is 0 Å². The Bertz CT molecular complexity index is 765. The molecule has 3 nitrogen and oxygen atoms in total. The Morgan fingerprint density at radius 1 is 1.24 bits per heavy atom. The van der Waals surface area contributed by atoms with Gasteiger partial charge in [-0.25, -0.2) is 4.98 Å². The van der Waals surface area contributed by atoms with Gasteiger partial charge >= 0.3 is 0 Å². The van der Waals surface area contributed by atoms with E-state index in [1.54, 1.807) is 0 Å². The SMILES string of the molecule is Cc1ccc(Cn2c(CCCl)nc3cc(I)ccc32)cn1. The highest BCUT2D eigenvalue weighted by Gasteiger charge is 2.11. The van der Waals surface area contributed by atoms with Gasteiger partial charge in [0.2, 0.25) is 0 Å². The van der Waals surface area contributed by atoms with Crippen molar-refractivity contribution < 1.29 is 0 Å². The van der Waals surface area contributed by atoms with E-state index < -0.39 is 0 Å². The normalized spacial score (nSPS) is 11.2. The van der Waals surface area contributed by atoms with Crippen LogP contribution < -0.4 is 0 Å². The lowest BCUT2D eigenvalue weighted by molar-refractivity contribution is 0.751. The molecule has 3 aromatic rings. The van der Waals surface area contributed by atoms with Crippen LogP contribution in [0.2, 0.25) is 0 Å². The minimum atomic E-state index is 0.576. The molecule has 108 valence electrons. The summed E-state index contributed by atoms with van der Waals surface area (Å²) in [6.07, 6.45) is 2.70. The lowest BCUT2D eigenvalue weighted by atomic mass is 10.2. The number of hydrogen-bond acceptors (Lipinski definition) is 2. The van der Waals surface area contributed by atoms with Crippen LogP contribution >= 0.6 is 34.2 Å². The first-order chi connectivity index (χ1) is 10.2. The number of pyridine rings is 1. The second-order valence-corrected chi connectivity index (χ2v) is 6.62. The third-order valence-corrected chi connectivity index (χ3v) is 4.28. The predicted octanol–water partition coefficient (Wildman–Crippen LogP) is 4.17. The quantitative estimate of drug-likeness (QED) is 0.476. The molecule has 0 fully saturated rings. The molecule has 5 heteroatoms. The van der Waals surface area contributed by atoms with Crippen molar-refractivity contribution in [3.05, 3.63) is 57.2 Å². The van der Waals surface area contributed by atoms with Gasteiger partial charge in [-0.15, -0.1) is 11.6 Å². The second kappa shape index (κ2) is 6.32. The molecule has 0 spiro atoms. The fraction of sp³-hybridized carbons (Fsp3) is 0.250. The summed E-state index contributed by atoms with van der Waals surface area (Å²) in [5.74, 6) is 1.61. The van der Waals surface area contributed by atoms with E-state index in [0.717, 1.165) is 35.5 Å². The molecule has 1 aromatic carbocycles. The van der Waals surface area contributed by atoms with Gasteiger partial charge in [-0.1, -0.05) is 6.07 Å². The standard InChI is InChI=1S/C16H15ClIN3/c1-11-2-3-12(9-19-11)10-21-15-5-4-13(18)8-14(15)20-16(21)6-7-17/h2-5,8-9H,6-7,10H2,1H3. The minimum absolute atomic E-state index is 0.576. The first-order valence-corrected chi connectivity index (χ1v) is 8.41. The summed E-state index contributed by atoms with van der Waals surface area (Å²) in [7, 11) is 0. The largest absolute Gasteiger partial charge is 0.323 e. The number of imidazole rings is 1. The Balaban J connectivity index is 2.06. The Hall–Kier alpha value is -1.14. The zero-order chi connectivity index (χ0) is 14.8. The number of fused-ring (bicyclic) bond motifs is 1. The molecule has 3 rings (SSSR count). The van der Waals surface area contributed by atoms with Gasteiger partial charge in [-0.2, -0.15) is 0 Å². The Morgan fingerprint density at radius 3 is 2.81 bits per heavy atom. The van der Waals surface area contributed by atoms with Crippen LogP contribution in [0.25, 0.3) is 11.0 Å². The van der Waals surface area contributed by atoms with Gasteiger partial charge in [-0.3, -0.25) is 4.98 Å². The average molecular weight is 412 g/mol. The van der Waals surface area contributed by atoms with Gasteiger partial charge in [0, 0.05) is 27.8 Å². The molecule has 0 radical (unpaired) electrons. The van der Waals surface area contributed by atoms with Gasteiger partial charge < -0.3 is 4.57 Å². The Labute approximate surface area is 142 Å². The molecular weight excluding hydrogens is 397 g/mol. The van der Waals surface area contributed by atoms with E-state index in [1.807, 2.05) is 19.2 Å². The van der Waals surface area contributed by atoms with Crippen molar-refractivity contribution in [2.75, 3.05) is 5.88 Å². The summed E-state index contributed by atoms with van der Waals surface area (Å²) >= 11 is 8.24. The van der Waals surface area contributed by atoms with Crippen LogP contribution in [-0.4, -0.2) is 20.4 Å². The molecule has 2 aromatic heterocycles. The van der Waals surface area contributed by atoms with Gasteiger partial charge in [-0.05, 0) is 59.3 Å². The fourth-order valence-electron chi connectivity index (χ4n) is 2.38. The van der Waals surface area contributed by atoms with Gasteiger partial charge in [0.25, 0.3) is 0 Å². The molecule has 0 aliphatic rings. The summed E-state index contributed by atoms with van der Waals surface area (Å²) in [5.41, 5.74) is 4.39. The second-order valence-electron chi connectivity index (χ2n) is 4.99. The molecule has 21 heavy (non-hydrogen) atoms. The highest BCUT2D eigenvalue weighted by molar-refractivity contribution is 14.1. The molecule has 0 atom stereocenters. The summed E-state index contributed by atoms with van der Waals surface area (Å²) in [5, 5.41) is 0. The molecular formula is C16H15ClIN3. The molecule has 2 heterocycles. The first kappa shape index (κ1) is 14.8. The summed E-state index contributed by atoms with van der Waals surface area (Å²) in [6, 6.07) is 10.5. The van der Waals surface area contributed by atoms with Crippen molar-refractivity contribution >= 4 is 45.2 Å². The summed E-state index contributed by atoms with van der Waals surface area (Å²) < 4.78 is 3.43. The number of hydrogen-bond donors (Lipinski definition) is 0. The molecule has 0 amide bonds. The smallest absolute Gasteiger partial charge is 0.111 e. The van der Waals surface area contributed by atoms with Crippen molar-refractivity contribution in [1.29, 1.82) is 0 Å². The molecule has 0 saturated heterocycles. The maximum absolute atomic E-state index is 5.92. The Morgan fingerprint density at radius 2 is 2.10 bits per heavy atom. The first-order valence-electron chi connectivity index (χ1n) is 6.79. The highest BCUT2D eigenvalue weighted by atomic mass is 127. The predicted molar refractivity (Wildman–Crippen MR) is 95.0 cm³/mol. The van der Waals surface area contributed by atoms with Crippen LogP contribution in [-0.2, 0) is 13.0 Å². The van der Waals surface area contributed by atoms with Crippen molar-refractivity contribution in [2.45, 2.75) is 19.9 Å². The summed E-state index contributed by atoms with van der Waals surface area (Å²) in [6.45, 7) is 2.77. The topological polar surface area (TPSA) is 30.7 Å². The Kier molecular flexibility index (Phi) is 4.45. The van der Waals surface area contributed by atoms with Crippen molar-refractivity contribution in [1.82, 2.24) is 14.5 Å². The third kappa shape index (κ3) is 3.21. The van der Waals surface area contributed by atoms with E-state index in [2.05, 4.69) is 56.4 Å². The lowest BCUT2D eigenvalue weighted by Crippen LogP contribution is -2.06. The number of nitrogens with zero attached hydrogens (tertiary/aromatic N) is 3. The highest BCUT2D eigenvalue weighted by Crippen LogP contribution is 2.21. The maximum atomic E-state index is 5.92. The van der Waals surface area contributed by atoms with Crippen LogP contribution in [0.5, 0.6) is 0 Å². The van der Waals surface area contributed by atoms with Crippen molar-refractivity contribution in [2.24, 2.45) is 0 Å². The van der Waals surface area contributed by atoms with Crippen LogP contribution in [0.4, 0.5) is 0 Å². The molecule has 0 bridgehead atoms. The number of alkyl halides is 1. The van der Waals surface area contributed by atoms with Crippen LogP contribution in [0.1, 0.15) is 17.1 Å². The summed E-state index contributed by atoms with van der Waals surface area (Å²) in [4.78, 5) is 9.10. The van der Waals surface area contributed by atoms with Crippen molar-refractivity contribution in [3.8, 4) is 0 Å². The average Bonchev–Trinajstić information content (AvgIpc) is 2.79. The number of rotatable bonds is 4. The third-order valence-electron chi connectivity index (χ3n) is 3.42. The number of aryl methyl sites for hydroxylation is 2. The van der Waals surface area contributed by atoms with Crippen LogP contribution in [0.15, 0.2) is 36.5 Å². The number of halogens is 2. The van der Waals surface area contributed by atoms with E-state index in [4.69, 9.17) is 16.6 Å². The van der Waals surface area contributed by atoms with Gasteiger partial charge in [0.1, 0.15) is 5.82 Å². The molecule has 0 N–H and O–H groups in total. The zero-order valence-electron chi connectivity index (χ0n) is 11.7. The molecule has 0 unspecified atom stereocenters. The van der Waals surface area contributed by atoms with E-state index >= 15 is 0 Å². The van der Waals surface area contributed by atoms with E-state index in [9.17, 15) is 0 Å². The van der Waals surface area contributed by atoms with Crippen LogP contribution in [0.3, 0.4) is 0 Å². The van der Waals surface area contributed by atoms with Gasteiger partial charge in [0.15, 0.2) is 0 Å². The van der Waals surface area contributed by atoms with Crippen LogP contribution in [0, 0.1) is 10.5 Å². The van der Waals surface area contributed by atoms with Crippen molar-refractivity contribution in [3.63, 3.8) is 0 Å². The molecule has 0 saturated carbocycles. The number of aromatic nitrogens is 3.